The van der Waals surface area contributed by atoms with E-state index in [-0.39, 0.29) is 5.69 Å². The molecule has 0 aromatic heterocycles. The number of nitro groups is 1. The summed E-state index contributed by atoms with van der Waals surface area (Å²) in [4.78, 5) is 20.8. The van der Waals surface area contributed by atoms with Crippen LogP contribution in [0.2, 0.25) is 0 Å². The Morgan fingerprint density at radius 1 is 1.29 bits per heavy atom. The van der Waals surface area contributed by atoms with Crippen molar-refractivity contribution in [3.63, 3.8) is 0 Å². The number of carbonyl (C=O) groups excluding carboxylic acids is 1. The number of hydrogen-bond donors (Lipinski definition) is 0. The molecule has 73 valence electrons. The van der Waals surface area contributed by atoms with Gasteiger partial charge in [0, 0.05) is 16.7 Å². The van der Waals surface area contributed by atoms with Crippen molar-refractivity contribution in [3.8, 4) is 0 Å². The van der Waals surface area contributed by atoms with Crippen LogP contribution in [-0.2, 0) is 4.79 Å². The predicted molar refractivity (Wildman–Crippen MR) is 52.1 cm³/mol. The summed E-state index contributed by atoms with van der Waals surface area (Å²) in [5, 5.41) is 10.7. The molecular formula is C10H10NO3. The molecule has 1 rings (SSSR count). The van der Waals surface area contributed by atoms with E-state index in [2.05, 4.69) is 0 Å². The van der Waals surface area contributed by atoms with E-state index in [9.17, 15) is 14.9 Å². The quantitative estimate of drug-likeness (QED) is 0.531. The van der Waals surface area contributed by atoms with Crippen LogP contribution >= 0.6 is 0 Å². The van der Waals surface area contributed by atoms with E-state index in [0.717, 1.165) is 0 Å². The Balaban J connectivity index is 3.56. The first-order valence-electron chi connectivity index (χ1n) is 4.12. The van der Waals surface area contributed by atoms with Crippen molar-refractivity contribution in [3.05, 3.63) is 38.4 Å². The molecule has 0 saturated carbocycles. The van der Waals surface area contributed by atoms with Crippen LogP contribution in [0, 0.1) is 30.9 Å². The number of benzene rings is 1. The largest absolute Gasteiger partial charge is 0.285 e. The van der Waals surface area contributed by atoms with Gasteiger partial charge in [-0.15, -0.1) is 0 Å². The van der Waals surface area contributed by atoms with Gasteiger partial charge in [-0.05, 0) is 32.4 Å². The molecule has 0 saturated heterocycles. The summed E-state index contributed by atoms with van der Waals surface area (Å²) in [5.41, 5.74) is 2.13. The first-order valence-corrected chi connectivity index (χ1v) is 4.12. The smallest absolute Gasteiger partial charge is 0.275 e. The number of hydrogen-bond acceptors (Lipinski definition) is 3. The summed E-state index contributed by atoms with van der Waals surface area (Å²) < 4.78 is 0. The normalized spacial score (nSPS) is 9.93. The van der Waals surface area contributed by atoms with Gasteiger partial charge in [0.05, 0.1) is 4.92 Å². The molecule has 1 aromatic carbocycles. The Kier molecular flexibility index (Phi) is 2.65. The zero-order valence-corrected chi connectivity index (χ0v) is 8.25. The minimum atomic E-state index is -0.424. The Morgan fingerprint density at radius 2 is 1.86 bits per heavy atom. The lowest BCUT2D eigenvalue weighted by molar-refractivity contribution is -0.386. The Morgan fingerprint density at radius 3 is 2.29 bits per heavy atom. The van der Waals surface area contributed by atoms with Crippen molar-refractivity contribution < 1.29 is 9.72 Å². The lowest BCUT2D eigenvalue weighted by atomic mass is 9.98. The fourth-order valence-corrected chi connectivity index (χ4v) is 1.46. The van der Waals surface area contributed by atoms with Crippen LogP contribution in [0.15, 0.2) is 6.07 Å². The fourth-order valence-electron chi connectivity index (χ4n) is 1.46. The van der Waals surface area contributed by atoms with E-state index in [1.807, 2.05) is 0 Å². The highest BCUT2D eigenvalue weighted by Gasteiger charge is 2.18. The summed E-state index contributed by atoms with van der Waals surface area (Å²) in [6.07, 6.45) is 1.77. The number of nitrogens with zero attached hydrogens (tertiary/aromatic N) is 1. The second kappa shape index (κ2) is 3.57. The number of aryl methyl sites for hydroxylation is 1. The maximum Gasteiger partial charge on any atom is 0.275 e. The highest BCUT2D eigenvalue weighted by molar-refractivity contribution is 5.80. The molecule has 0 fully saturated rings. The maximum atomic E-state index is 10.7. The molecule has 4 nitrogen and oxygen atoms in total. The highest BCUT2D eigenvalue weighted by atomic mass is 16.6. The lowest BCUT2D eigenvalue weighted by Gasteiger charge is -2.06. The van der Waals surface area contributed by atoms with Crippen molar-refractivity contribution in [2.75, 3.05) is 0 Å². The third-order valence-corrected chi connectivity index (χ3v) is 2.35. The molecule has 0 amide bonds. The van der Waals surface area contributed by atoms with Gasteiger partial charge in [0.15, 0.2) is 0 Å². The van der Waals surface area contributed by atoms with E-state index < -0.39 is 4.92 Å². The summed E-state index contributed by atoms with van der Waals surface area (Å²) in [6, 6.07) is 1.49. The first-order chi connectivity index (χ1) is 6.49. The van der Waals surface area contributed by atoms with Gasteiger partial charge in [-0.1, -0.05) is 0 Å². The molecule has 0 bridgehead atoms. The van der Waals surface area contributed by atoms with Crippen molar-refractivity contribution in [2.24, 2.45) is 0 Å². The molecule has 0 atom stereocenters. The lowest BCUT2D eigenvalue weighted by Crippen LogP contribution is -2.00. The molecule has 1 radical (unpaired) electrons. The summed E-state index contributed by atoms with van der Waals surface area (Å²) in [5.74, 6) is 0. The van der Waals surface area contributed by atoms with E-state index in [0.29, 0.717) is 22.3 Å². The van der Waals surface area contributed by atoms with Gasteiger partial charge in [-0.2, -0.15) is 0 Å². The molecule has 0 N–H and O–H groups in total. The highest BCUT2D eigenvalue weighted by Crippen LogP contribution is 2.27. The van der Waals surface area contributed by atoms with Crippen LogP contribution < -0.4 is 0 Å². The minimum absolute atomic E-state index is 0.0847. The molecule has 1 aromatic rings. The Labute approximate surface area is 81.7 Å². The summed E-state index contributed by atoms with van der Waals surface area (Å²) >= 11 is 0. The minimum Gasteiger partial charge on any atom is -0.285 e. The summed E-state index contributed by atoms with van der Waals surface area (Å²) in [6.45, 7) is 4.94. The Hall–Kier alpha value is -1.71. The number of rotatable bonds is 2. The van der Waals surface area contributed by atoms with Gasteiger partial charge in [-0.3, -0.25) is 14.9 Å². The van der Waals surface area contributed by atoms with Crippen molar-refractivity contribution in [1.82, 2.24) is 0 Å². The second-order valence-corrected chi connectivity index (χ2v) is 3.20. The zero-order chi connectivity index (χ0) is 10.9. The van der Waals surface area contributed by atoms with Crippen LogP contribution in [0.25, 0.3) is 0 Å². The number of nitro benzene ring substituents is 1. The molecule has 0 heterocycles. The van der Waals surface area contributed by atoms with Crippen LogP contribution in [0.5, 0.6) is 0 Å². The molecular weight excluding hydrogens is 182 g/mol. The molecule has 0 unspecified atom stereocenters. The Bertz CT molecular complexity index is 410. The maximum absolute atomic E-state index is 10.7. The van der Waals surface area contributed by atoms with Gasteiger partial charge in [0.1, 0.15) is 0 Å². The third kappa shape index (κ3) is 1.51. The molecule has 14 heavy (non-hydrogen) atoms. The van der Waals surface area contributed by atoms with Gasteiger partial charge in [-0.25, -0.2) is 0 Å². The van der Waals surface area contributed by atoms with Crippen LogP contribution in [0.1, 0.15) is 22.3 Å². The monoisotopic (exact) mass is 192 g/mol. The van der Waals surface area contributed by atoms with Gasteiger partial charge in [0.2, 0.25) is 6.29 Å². The van der Waals surface area contributed by atoms with Crippen molar-refractivity contribution in [2.45, 2.75) is 20.8 Å². The molecule has 0 spiro atoms. The van der Waals surface area contributed by atoms with E-state index in [4.69, 9.17) is 0 Å². The fraction of sp³-hybridized carbons (Fsp3) is 0.300. The summed E-state index contributed by atoms with van der Waals surface area (Å²) in [7, 11) is 0. The second-order valence-electron chi connectivity index (χ2n) is 3.20. The van der Waals surface area contributed by atoms with Gasteiger partial charge in [0.25, 0.3) is 5.69 Å². The SMILES string of the molecule is Cc1cc([C]=O)c(C)c(C)c1[N+](=O)[O-]. The van der Waals surface area contributed by atoms with E-state index in [1.165, 1.54) is 6.07 Å². The van der Waals surface area contributed by atoms with Crippen LogP contribution in [0.3, 0.4) is 0 Å². The third-order valence-electron chi connectivity index (χ3n) is 2.35. The first kappa shape index (κ1) is 10.4. The molecule has 0 aliphatic rings. The predicted octanol–water partition coefficient (Wildman–Crippen LogP) is 1.98. The van der Waals surface area contributed by atoms with Crippen molar-refractivity contribution in [1.29, 1.82) is 0 Å². The average Bonchev–Trinajstić information content (AvgIpc) is 2.10. The van der Waals surface area contributed by atoms with E-state index >= 15 is 0 Å². The molecule has 0 aliphatic heterocycles. The average molecular weight is 192 g/mol. The van der Waals surface area contributed by atoms with Gasteiger partial charge < -0.3 is 0 Å². The van der Waals surface area contributed by atoms with E-state index in [1.54, 1.807) is 27.1 Å². The molecule has 0 aliphatic carbocycles. The van der Waals surface area contributed by atoms with Crippen LogP contribution in [-0.4, -0.2) is 11.2 Å². The van der Waals surface area contributed by atoms with Gasteiger partial charge >= 0.3 is 0 Å². The zero-order valence-electron chi connectivity index (χ0n) is 8.25. The van der Waals surface area contributed by atoms with Crippen molar-refractivity contribution >= 4 is 12.0 Å². The topological polar surface area (TPSA) is 60.2 Å². The van der Waals surface area contributed by atoms with Crippen LogP contribution in [0.4, 0.5) is 5.69 Å². The standard InChI is InChI=1S/C10H10NO3/c1-6-4-9(5-12)7(2)8(3)10(6)11(13)14/h4H,1-3H3. The molecule has 4 heteroatoms.